The van der Waals surface area contributed by atoms with Crippen LogP contribution in [0.3, 0.4) is 0 Å². The molecule has 182 valence electrons. The molecule has 2 aromatic carbocycles. The van der Waals surface area contributed by atoms with Gasteiger partial charge in [0.05, 0.1) is 32.0 Å². The Morgan fingerprint density at radius 1 is 1.00 bits per heavy atom. The number of allylic oxidation sites excluding steroid dienone is 1. The first-order valence-corrected chi connectivity index (χ1v) is 10.7. The van der Waals surface area contributed by atoms with Gasteiger partial charge in [-0.3, -0.25) is 9.69 Å². The molecule has 0 atom stereocenters. The highest BCUT2D eigenvalue weighted by Crippen LogP contribution is 2.38. The summed E-state index contributed by atoms with van der Waals surface area (Å²) in [6, 6.07) is 11.6. The van der Waals surface area contributed by atoms with E-state index in [2.05, 4.69) is 15.9 Å². The van der Waals surface area contributed by atoms with Gasteiger partial charge in [-0.15, -0.1) is 12.4 Å². The molecule has 0 aromatic heterocycles. The number of methoxy groups -OCH3 is 3. The van der Waals surface area contributed by atoms with Crippen molar-refractivity contribution in [3.8, 4) is 17.2 Å². The van der Waals surface area contributed by atoms with Gasteiger partial charge in [-0.1, -0.05) is 29.8 Å². The fourth-order valence-electron chi connectivity index (χ4n) is 3.66. The summed E-state index contributed by atoms with van der Waals surface area (Å²) in [6.07, 6.45) is 3.87. The van der Waals surface area contributed by atoms with Crippen LogP contribution in [0.15, 0.2) is 42.5 Å². The molecule has 1 fully saturated rings. The molecule has 1 aliphatic rings. The van der Waals surface area contributed by atoms with Gasteiger partial charge in [0.25, 0.3) is 0 Å². The average Bonchev–Trinajstić information content (AvgIpc) is 2.81. The number of ether oxygens (including phenoxy) is 3. The van der Waals surface area contributed by atoms with E-state index in [9.17, 15) is 4.79 Å². The minimum Gasteiger partial charge on any atom is -0.493 e. The third kappa shape index (κ3) is 7.54. The lowest BCUT2D eigenvalue weighted by molar-refractivity contribution is -0.114. The molecule has 0 aliphatic carbocycles. The van der Waals surface area contributed by atoms with Crippen molar-refractivity contribution in [2.75, 3.05) is 59.0 Å². The molecule has 1 aliphatic heterocycles. The number of nitrogens with zero attached hydrogens (tertiary/aromatic N) is 2. The minimum atomic E-state index is 0. The molecule has 0 radical (unpaired) electrons. The zero-order valence-electron chi connectivity index (χ0n) is 19.2. The topological polar surface area (TPSA) is 82.7 Å². The van der Waals surface area contributed by atoms with Crippen LogP contribution >= 0.6 is 24.0 Å². The Bertz CT molecular complexity index is 906. The molecule has 2 aromatic rings. The van der Waals surface area contributed by atoms with Crippen LogP contribution in [0.2, 0.25) is 5.02 Å². The van der Waals surface area contributed by atoms with E-state index in [0.717, 1.165) is 49.0 Å². The molecule has 3 rings (SSSR count). The molecule has 33 heavy (non-hydrogen) atoms. The Morgan fingerprint density at radius 3 is 2.15 bits per heavy atom. The molecule has 0 spiro atoms. The number of carbonyl (C=O) groups is 1. The molecule has 0 unspecified atom stereocenters. The van der Waals surface area contributed by atoms with Gasteiger partial charge < -0.3 is 24.6 Å². The number of halogens is 2. The van der Waals surface area contributed by atoms with Crippen LogP contribution in [-0.2, 0) is 4.79 Å². The van der Waals surface area contributed by atoms with Crippen LogP contribution in [0.5, 0.6) is 17.2 Å². The molecule has 0 saturated carbocycles. The molecule has 9 heteroatoms. The van der Waals surface area contributed by atoms with Crippen LogP contribution < -0.4 is 19.1 Å². The maximum atomic E-state index is 12.4. The summed E-state index contributed by atoms with van der Waals surface area (Å²) in [5, 5.41) is 0.781. The van der Waals surface area contributed by atoms with Crippen molar-refractivity contribution < 1.29 is 24.5 Å². The van der Waals surface area contributed by atoms with E-state index in [4.69, 9.17) is 25.8 Å². The zero-order valence-corrected chi connectivity index (χ0v) is 20.7. The minimum absolute atomic E-state index is 0. The van der Waals surface area contributed by atoms with Crippen molar-refractivity contribution in [2.45, 2.75) is 6.42 Å². The lowest BCUT2D eigenvalue weighted by Crippen LogP contribution is -2.47. The first-order valence-electron chi connectivity index (χ1n) is 10.3. The number of hydrogen-bond acceptors (Lipinski definition) is 6. The van der Waals surface area contributed by atoms with Gasteiger partial charge in [0.1, 0.15) is 0 Å². The highest BCUT2D eigenvalue weighted by Gasteiger charge is 2.19. The van der Waals surface area contributed by atoms with Gasteiger partial charge in [-0.05, 0) is 35.9 Å². The van der Waals surface area contributed by atoms with Gasteiger partial charge >= 0.3 is 0 Å². The Morgan fingerprint density at radius 2 is 1.61 bits per heavy atom. The summed E-state index contributed by atoms with van der Waals surface area (Å²) < 4.78 is 16.0. The zero-order chi connectivity index (χ0) is 22.2. The number of anilines is 1. The third-order valence-corrected chi connectivity index (χ3v) is 5.71. The normalized spacial score (nSPS) is 13.8. The highest BCUT2D eigenvalue weighted by molar-refractivity contribution is 6.33. The van der Waals surface area contributed by atoms with E-state index in [0.29, 0.717) is 23.7 Å². The number of rotatable bonds is 9. The maximum absolute atomic E-state index is 12.4. The van der Waals surface area contributed by atoms with Gasteiger partial charge in [0.15, 0.2) is 17.3 Å². The Balaban J connectivity index is 0.00000272. The van der Waals surface area contributed by atoms with Crippen molar-refractivity contribution >= 4 is 41.6 Å². The number of hydrogen-bond donors (Lipinski definition) is 0. The number of piperazine rings is 1. The van der Waals surface area contributed by atoms with Gasteiger partial charge in [-0.2, -0.15) is 0 Å². The molecule has 2 N–H and O–H groups in total. The number of carbonyl (C=O) groups excluding carboxylic acids is 1. The lowest BCUT2D eigenvalue weighted by atomic mass is 10.1. The van der Waals surface area contributed by atoms with Crippen LogP contribution in [-0.4, -0.2) is 70.2 Å². The van der Waals surface area contributed by atoms with Crippen LogP contribution in [0.4, 0.5) is 5.69 Å². The van der Waals surface area contributed by atoms with Gasteiger partial charge in [-0.25, -0.2) is 0 Å². The van der Waals surface area contributed by atoms with Crippen molar-refractivity contribution in [1.82, 2.24) is 4.90 Å². The van der Waals surface area contributed by atoms with Crippen molar-refractivity contribution in [3.63, 3.8) is 0 Å². The second-order valence-electron chi connectivity index (χ2n) is 7.29. The predicted octanol–water partition coefficient (Wildman–Crippen LogP) is 3.76. The van der Waals surface area contributed by atoms with E-state index in [1.165, 1.54) is 0 Å². The summed E-state index contributed by atoms with van der Waals surface area (Å²) in [7, 11) is 4.70. The summed E-state index contributed by atoms with van der Waals surface area (Å²) in [5.41, 5.74) is 1.89. The van der Waals surface area contributed by atoms with E-state index in [-0.39, 0.29) is 23.7 Å². The first-order chi connectivity index (χ1) is 15.0. The highest BCUT2D eigenvalue weighted by atomic mass is 35.5. The fourth-order valence-corrected chi connectivity index (χ4v) is 3.91. The van der Waals surface area contributed by atoms with Crippen molar-refractivity contribution in [3.05, 3.63) is 53.1 Å². The smallest absolute Gasteiger partial charge is 0.203 e. The fraction of sp³-hybridized carbons (Fsp3) is 0.375. The largest absolute Gasteiger partial charge is 0.493 e. The van der Waals surface area contributed by atoms with E-state index in [1.54, 1.807) is 33.5 Å². The molecular weight excluding hydrogens is 467 g/mol. The third-order valence-electron chi connectivity index (χ3n) is 5.39. The van der Waals surface area contributed by atoms with Crippen LogP contribution in [0, 0.1) is 0 Å². The standard InChI is InChI=1S/C24H29ClN2O4.ClH.H2O/c1-29-22-16-18(17-23(30-2)24(22)31-3)8-9-19(28)10-11-26-12-14-27(15-13-26)21-7-5-4-6-20(21)25;;/h4-9,16-17H,10-15H2,1-3H3;1H;1H2/b9-8+;;. The van der Waals surface area contributed by atoms with E-state index < -0.39 is 0 Å². The summed E-state index contributed by atoms with van der Waals surface area (Å²) in [6.45, 7) is 4.37. The van der Waals surface area contributed by atoms with Gasteiger partial charge in [0, 0.05) is 39.1 Å². The number of para-hydroxylation sites is 1. The Kier molecular flexibility index (Phi) is 12.1. The molecule has 7 nitrogen and oxygen atoms in total. The lowest BCUT2D eigenvalue weighted by Gasteiger charge is -2.36. The second kappa shape index (κ2) is 14.0. The average molecular weight is 499 g/mol. The maximum Gasteiger partial charge on any atom is 0.203 e. The Labute approximate surface area is 206 Å². The van der Waals surface area contributed by atoms with Crippen LogP contribution in [0.1, 0.15) is 12.0 Å². The summed E-state index contributed by atoms with van der Waals surface area (Å²) in [4.78, 5) is 17.0. The van der Waals surface area contributed by atoms with E-state index >= 15 is 0 Å². The SMILES string of the molecule is COc1cc(/C=C/C(=O)CCN2CCN(c3ccccc3Cl)CC2)cc(OC)c1OC.Cl.O. The number of benzene rings is 2. The van der Waals surface area contributed by atoms with Crippen molar-refractivity contribution in [1.29, 1.82) is 0 Å². The molecule has 1 saturated heterocycles. The predicted molar refractivity (Wildman–Crippen MR) is 136 cm³/mol. The molecular formula is C24H32Cl2N2O5. The Hall–Kier alpha value is -2.45. The number of ketones is 1. The molecule has 1 heterocycles. The quantitative estimate of drug-likeness (QED) is 0.489. The molecule has 0 amide bonds. The monoisotopic (exact) mass is 498 g/mol. The van der Waals surface area contributed by atoms with Crippen LogP contribution in [0.25, 0.3) is 6.08 Å². The first kappa shape index (κ1) is 28.6. The molecule has 0 bridgehead atoms. The second-order valence-corrected chi connectivity index (χ2v) is 7.70. The van der Waals surface area contributed by atoms with Gasteiger partial charge in [0.2, 0.25) is 5.75 Å². The van der Waals surface area contributed by atoms with E-state index in [1.807, 2.05) is 30.3 Å². The summed E-state index contributed by atoms with van der Waals surface area (Å²) in [5.74, 6) is 1.74. The summed E-state index contributed by atoms with van der Waals surface area (Å²) >= 11 is 6.31. The van der Waals surface area contributed by atoms with Crippen molar-refractivity contribution in [2.24, 2.45) is 0 Å².